The molecule has 0 N–H and O–H groups in total. The summed E-state index contributed by atoms with van der Waals surface area (Å²) >= 11 is 6.30. The molecule has 0 amide bonds. The molecule has 0 aliphatic carbocycles. The Morgan fingerprint density at radius 2 is 1.48 bits per heavy atom. The van der Waals surface area contributed by atoms with Gasteiger partial charge in [0.25, 0.3) is 0 Å². The average molecular weight is 548 g/mol. The minimum Gasteiger partial charge on any atom is -0.497 e. The number of nitrogens with zero attached hydrogens (tertiary/aromatic N) is 1. The maximum Gasteiger partial charge on any atom is 0.338 e. The molecule has 0 spiro atoms. The molecular formula is C34H26ClNO4. The first kappa shape index (κ1) is 25.5. The number of ether oxygens (including phenoxy) is 3. The summed E-state index contributed by atoms with van der Waals surface area (Å²) in [7, 11) is 3.05. The number of methoxy groups -OCH3 is 2. The van der Waals surface area contributed by atoms with Gasteiger partial charge in [-0.3, -0.25) is 0 Å². The van der Waals surface area contributed by atoms with Crippen molar-refractivity contribution in [2.75, 3.05) is 14.2 Å². The highest BCUT2D eigenvalue weighted by molar-refractivity contribution is 6.32. The minimum absolute atomic E-state index is 0.409. The molecule has 0 bridgehead atoms. The van der Waals surface area contributed by atoms with Gasteiger partial charge in [0.1, 0.15) is 17.2 Å². The van der Waals surface area contributed by atoms with Gasteiger partial charge in [0, 0.05) is 22.8 Å². The Balaban J connectivity index is 1.51. The summed E-state index contributed by atoms with van der Waals surface area (Å²) < 4.78 is 18.9. The molecule has 0 radical (unpaired) electrons. The van der Waals surface area contributed by atoms with Crippen molar-refractivity contribution in [2.24, 2.45) is 0 Å². The van der Waals surface area contributed by atoms with E-state index in [0.717, 1.165) is 44.2 Å². The van der Waals surface area contributed by atoms with Crippen LogP contribution in [-0.4, -0.2) is 24.8 Å². The molecule has 0 aliphatic heterocycles. The number of aromatic nitrogens is 1. The van der Waals surface area contributed by atoms with Crippen LogP contribution in [0.1, 0.15) is 15.9 Å². The fourth-order valence-corrected chi connectivity index (χ4v) is 5.34. The largest absolute Gasteiger partial charge is 0.497 e. The highest BCUT2D eigenvalue weighted by Crippen LogP contribution is 2.40. The molecule has 5 aromatic carbocycles. The highest BCUT2D eigenvalue weighted by Gasteiger charge is 2.20. The van der Waals surface area contributed by atoms with E-state index >= 15 is 0 Å². The monoisotopic (exact) mass is 547 g/mol. The summed E-state index contributed by atoms with van der Waals surface area (Å²) in [6.45, 7) is 0.686. The van der Waals surface area contributed by atoms with Crippen LogP contribution >= 0.6 is 11.6 Å². The molecule has 0 unspecified atom stereocenters. The third-order valence-corrected chi connectivity index (χ3v) is 7.36. The number of fused-ring (bicyclic) bond motifs is 3. The van der Waals surface area contributed by atoms with Gasteiger partial charge >= 0.3 is 5.97 Å². The molecule has 5 nitrogen and oxygen atoms in total. The predicted octanol–water partition coefficient (Wildman–Crippen LogP) is 8.75. The number of hydrogen-bond acceptors (Lipinski definition) is 4. The van der Waals surface area contributed by atoms with Crippen molar-refractivity contribution in [1.82, 2.24) is 4.57 Å². The molecule has 0 aliphatic rings. The molecule has 0 fully saturated rings. The summed E-state index contributed by atoms with van der Waals surface area (Å²) in [5.41, 5.74) is 5.45. The van der Waals surface area contributed by atoms with Crippen molar-refractivity contribution in [3.63, 3.8) is 0 Å². The van der Waals surface area contributed by atoms with E-state index in [0.29, 0.717) is 28.6 Å². The SMILES string of the molecule is COC(=O)c1cc(Oc2ccccc2Cl)ccc1-c1cccc2c1c1ccccc1n2Cc1ccc(OC)cc1. The number of halogens is 1. The molecule has 1 heterocycles. The van der Waals surface area contributed by atoms with Crippen LogP contribution in [0.4, 0.5) is 0 Å². The van der Waals surface area contributed by atoms with Gasteiger partial charge in [0.2, 0.25) is 0 Å². The summed E-state index contributed by atoms with van der Waals surface area (Å²) in [6, 6.07) is 35.3. The smallest absolute Gasteiger partial charge is 0.338 e. The Morgan fingerprint density at radius 3 is 2.25 bits per heavy atom. The zero-order valence-corrected chi connectivity index (χ0v) is 22.8. The van der Waals surface area contributed by atoms with E-state index in [9.17, 15) is 4.79 Å². The van der Waals surface area contributed by atoms with Gasteiger partial charge in [-0.15, -0.1) is 0 Å². The van der Waals surface area contributed by atoms with E-state index in [4.69, 9.17) is 25.8 Å². The number of para-hydroxylation sites is 2. The van der Waals surface area contributed by atoms with Crippen LogP contribution in [-0.2, 0) is 11.3 Å². The van der Waals surface area contributed by atoms with Crippen molar-refractivity contribution >= 4 is 39.4 Å². The summed E-state index contributed by atoms with van der Waals surface area (Å²) in [6.07, 6.45) is 0. The van der Waals surface area contributed by atoms with Gasteiger partial charge in [-0.25, -0.2) is 4.79 Å². The van der Waals surface area contributed by atoms with Crippen LogP contribution in [0.25, 0.3) is 32.9 Å². The van der Waals surface area contributed by atoms with Gasteiger partial charge in [-0.05, 0) is 71.3 Å². The number of esters is 1. The molecule has 6 rings (SSSR count). The zero-order chi connectivity index (χ0) is 27.6. The molecule has 6 heteroatoms. The Bertz CT molecular complexity index is 1860. The van der Waals surface area contributed by atoms with E-state index in [1.807, 2.05) is 60.7 Å². The van der Waals surface area contributed by atoms with E-state index in [-0.39, 0.29) is 0 Å². The first-order valence-corrected chi connectivity index (χ1v) is 13.2. The highest BCUT2D eigenvalue weighted by atomic mass is 35.5. The standard InChI is InChI=1S/C34H26ClNO4/c1-38-23-16-14-22(15-17-23)21-36-30-11-5-3-8-27(30)33-26(9-7-12-31(33)36)25-19-18-24(20-28(25)34(37)39-2)40-32-13-6-4-10-29(32)35/h3-20H,21H2,1-2H3. The fraction of sp³-hybridized carbons (Fsp3) is 0.0882. The molecule has 198 valence electrons. The summed E-state index contributed by atoms with van der Waals surface area (Å²) in [5, 5.41) is 2.66. The second-order valence-electron chi connectivity index (χ2n) is 9.38. The van der Waals surface area contributed by atoms with Crippen molar-refractivity contribution in [3.05, 3.63) is 125 Å². The lowest BCUT2D eigenvalue weighted by Gasteiger charge is -2.14. The molecule has 0 saturated carbocycles. The predicted molar refractivity (Wildman–Crippen MR) is 160 cm³/mol. The van der Waals surface area contributed by atoms with Gasteiger partial charge in [-0.2, -0.15) is 0 Å². The maximum atomic E-state index is 13.1. The van der Waals surface area contributed by atoms with E-state index in [2.05, 4.69) is 34.9 Å². The molecule has 0 saturated heterocycles. The van der Waals surface area contributed by atoms with Gasteiger partial charge < -0.3 is 18.8 Å². The van der Waals surface area contributed by atoms with Crippen LogP contribution in [0.2, 0.25) is 5.02 Å². The topological polar surface area (TPSA) is 49.7 Å². The van der Waals surface area contributed by atoms with Crippen molar-refractivity contribution in [3.8, 4) is 28.4 Å². The van der Waals surface area contributed by atoms with Gasteiger partial charge in [0.05, 0.1) is 30.3 Å². The number of carbonyl (C=O) groups excluding carboxylic acids is 1. The molecular weight excluding hydrogens is 522 g/mol. The Labute approximate surface area is 237 Å². The molecule has 6 aromatic rings. The van der Waals surface area contributed by atoms with Crippen LogP contribution in [0.3, 0.4) is 0 Å². The van der Waals surface area contributed by atoms with E-state index < -0.39 is 5.97 Å². The van der Waals surface area contributed by atoms with Crippen LogP contribution in [0.15, 0.2) is 109 Å². The maximum absolute atomic E-state index is 13.1. The lowest BCUT2D eigenvalue weighted by molar-refractivity contribution is 0.0601. The van der Waals surface area contributed by atoms with Gasteiger partial charge in [-0.1, -0.05) is 66.2 Å². The molecule has 40 heavy (non-hydrogen) atoms. The van der Waals surface area contributed by atoms with E-state index in [1.54, 1.807) is 25.3 Å². The Kier molecular flexibility index (Phi) is 6.89. The Morgan fingerprint density at radius 1 is 0.750 bits per heavy atom. The number of carbonyl (C=O) groups is 1. The zero-order valence-electron chi connectivity index (χ0n) is 22.1. The van der Waals surface area contributed by atoms with E-state index in [1.165, 1.54) is 7.11 Å². The summed E-state index contributed by atoms with van der Waals surface area (Å²) in [5.74, 6) is 1.38. The van der Waals surface area contributed by atoms with Crippen LogP contribution in [0.5, 0.6) is 17.2 Å². The fourth-order valence-electron chi connectivity index (χ4n) is 5.16. The lowest BCUT2D eigenvalue weighted by atomic mass is 9.95. The summed E-state index contributed by atoms with van der Waals surface area (Å²) in [4.78, 5) is 13.1. The number of rotatable bonds is 7. The first-order valence-electron chi connectivity index (χ1n) is 12.9. The quantitative estimate of drug-likeness (QED) is 0.187. The van der Waals surface area contributed by atoms with Crippen molar-refractivity contribution in [2.45, 2.75) is 6.54 Å². The second kappa shape index (κ2) is 10.8. The average Bonchev–Trinajstić information content (AvgIpc) is 3.32. The lowest BCUT2D eigenvalue weighted by Crippen LogP contribution is -2.04. The van der Waals surface area contributed by atoms with Crippen LogP contribution in [0, 0.1) is 0 Å². The first-order chi connectivity index (χ1) is 19.6. The van der Waals surface area contributed by atoms with Crippen molar-refractivity contribution < 1.29 is 19.0 Å². The second-order valence-corrected chi connectivity index (χ2v) is 9.79. The Hall–Kier alpha value is -4.74. The van der Waals surface area contributed by atoms with Crippen LogP contribution < -0.4 is 9.47 Å². The number of hydrogen-bond donors (Lipinski definition) is 0. The third-order valence-electron chi connectivity index (χ3n) is 7.05. The van der Waals surface area contributed by atoms with Gasteiger partial charge in [0.15, 0.2) is 0 Å². The molecule has 1 aromatic heterocycles. The van der Waals surface area contributed by atoms with Crippen molar-refractivity contribution in [1.29, 1.82) is 0 Å². The minimum atomic E-state index is -0.446. The normalized spacial score (nSPS) is 11.1. The molecule has 0 atom stereocenters. The number of benzene rings is 5. The third kappa shape index (κ3) is 4.65.